The van der Waals surface area contributed by atoms with Crippen molar-refractivity contribution in [1.82, 2.24) is 0 Å². The van der Waals surface area contributed by atoms with Crippen LogP contribution >= 0.6 is 0 Å². The van der Waals surface area contributed by atoms with E-state index < -0.39 is 28.9 Å². The maximum atomic E-state index is 13.7. The first-order valence-electron chi connectivity index (χ1n) is 8.36. The molecule has 25 heavy (non-hydrogen) atoms. The summed E-state index contributed by atoms with van der Waals surface area (Å²) in [5.74, 6) is -5.30. The molecule has 0 unspecified atom stereocenters. The molecule has 0 aromatic heterocycles. The van der Waals surface area contributed by atoms with E-state index in [0.717, 1.165) is 30.7 Å². The summed E-state index contributed by atoms with van der Waals surface area (Å²) in [6, 6.07) is 9.12. The van der Waals surface area contributed by atoms with Crippen molar-refractivity contribution in [2.24, 2.45) is 0 Å². The van der Waals surface area contributed by atoms with E-state index in [4.69, 9.17) is 0 Å². The zero-order valence-electron chi connectivity index (χ0n) is 13.6. The molecule has 0 saturated heterocycles. The number of anilines is 2. The zero-order chi connectivity index (χ0) is 17.8. The van der Waals surface area contributed by atoms with E-state index in [1.807, 2.05) is 12.1 Å². The smallest absolute Gasteiger partial charge is 0.258 e. The lowest BCUT2D eigenvalue weighted by Gasteiger charge is -2.23. The summed E-state index contributed by atoms with van der Waals surface area (Å²) in [5.41, 5.74) is 0.857. The Labute approximate surface area is 144 Å². The largest absolute Gasteiger partial charge is 0.382 e. The molecular formula is C19H19F3N2O. The minimum Gasteiger partial charge on any atom is -0.382 e. The van der Waals surface area contributed by atoms with Crippen molar-refractivity contribution >= 4 is 17.3 Å². The average molecular weight is 348 g/mol. The summed E-state index contributed by atoms with van der Waals surface area (Å²) in [6.07, 6.45) is 6.03. The molecule has 0 aliphatic heterocycles. The van der Waals surface area contributed by atoms with Gasteiger partial charge in [0.2, 0.25) is 0 Å². The average Bonchev–Trinajstić information content (AvgIpc) is 2.62. The first kappa shape index (κ1) is 17.3. The standard InChI is InChI=1S/C19H19F3N2O/c20-16-11-10-15(17(21)18(16)22)19(25)24-14-8-6-13(7-9-14)23-12-4-2-1-3-5-12/h6-12,23H,1-5H2,(H,24,25). The molecule has 3 rings (SSSR count). The van der Waals surface area contributed by atoms with Gasteiger partial charge in [-0.1, -0.05) is 19.3 Å². The highest BCUT2D eigenvalue weighted by Crippen LogP contribution is 2.23. The fraction of sp³-hybridized carbons (Fsp3) is 0.316. The van der Waals surface area contributed by atoms with Gasteiger partial charge in [0.1, 0.15) is 0 Å². The SMILES string of the molecule is O=C(Nc1ccc(NC2CCCCC2)cc1)c1ccc(F)c(F)c1F. The molecule has 1 aliphatic carbocycles. The topological polar surface area (TPSA) is 41.1 Å². The second kappa shape index (κ2) is 7.59. The second-order valence-electron chi connectivity index (χ2n) is 6.23. The summed E-state index contributed by atoms with van der Waals surface area (Å²) < 4.78 is 39.8. The number of nitrogens with one attached hydrogen (secondary N) is 2. The minimum absolute atomic E-state index is 0.448. The normalized spacial score (nSPS) is 15.0. The van der Waals surface area contributed by atoms with Crippen LogP contribution in [0.15, 0.2) is 36.4 Å². The second-order valence-corrected chi connectivity index (χ2v) is 6.23. The third-order valence-corrected chi connectivity index (χ3v) is 4.40. The Bertz CT molecular complexity index is 756. The molecule has 3 nitrogen and oxygen atoms in total. The molecule has 0 spiro atoms. The zero-order valence-corrected chi connectivity index (χ0v) is 13.6. The summed E-state index contributed by atoms with van der Waals surface area (Å²) in [5, 5.41) is 5.93. The van der Waals surface area contributed by atoms with E-state index in [1.165, 1.54) is 19.3 Å². The number of benzene rings is 2. The third-order valence-electron chi connectivity index (χ3n) is 4.40. The van der Waals surface area contributed by atoms with Gasteiger partial charge < -0.3 is 10.6 Å². The molecule has 2 aromatic carbocycles. The fourth-order valence-corrected chi connectivity index (χ4v) is 3.03. The predicted molar refractivity (Wildman–Crippen MR) is 91.2 cm³/mol. The van der Waals surface area contributed by atoms with Gasteiger partial charge in [0.05, 0.1) is 5.56 Å². The molecular weight excluding hydrogens is 329 g/mol. The predicted octanol–water partition coefficient (Wildman–Crippen LogP) is 5.10. The van der Waals surface area contributed by atoms with Crippen LogP contribution in [0.25, 0.3) is 0 Å². The highest BCUT2D eigenvalue weighted by Gasteiger charge is 2.19. The lowest BCUT2D eigenvalue weighted by molar-refractivity contribution is 0.102. The van der Waals surface area contributed by atoms with Crippen LogP contribution < -0.4 is 10.6 Å². The molecule has 1 fully saturated rings. The van der Waals surface area contributed by atoms with Crippen LogP contribution in [0.4, 0.5) is 24.5 Å². The molecule has 0 atom stereocenters. The summed E-state index contributed by atoms with van der Waals surface area (Å²) in [6.45, 7) is 0. The van der Waals surface area contributed by atoms with Gasteiger partial charge >= 0.3 is 0 Å². The lowest BCUT2D eigenvalue weighted by Crippen LogP contribution is -2.22. The van der Waals surface area contributed by atoms with Crippen molar-refractivity contribution in [3.63, 3.8) is 0 Å². The highest BCUT2D eigenvalue weighted by molar-refractivity contribution is 6.04. The minimum atomic E-state index is -1.65. The van der Waals surface area contributed by atoms with Gasteiger partial charge in [-0.15, -0.1) is 0 Å². The number of halogens is 3. The number of amides is 1. The van der Waals surface area contributed by atoms with Gasteiger partial charge in [-0.05, 0) is 49.2 Å². The first-order valence-corrected chi connectivity index (χ1v) is 8.36. The molecule has 2 aromatic rings. The van der Waals surface area contributed by atoms with Gasteiger partial charge in [0.15, 0.2) is 17.5 Å². The molecule has 0 bridgehead atoms. The molecule has 0 radical (unpaired) electrons. The van der Waals surface area contributed by atoms with Gasteiger partial charge in [-0.25, -0.2) is 13.2 Å². The summed E-state index contributed by atoms with van der Waals surface area (Å²) >= 11 is 0. The third kappa shape index (κ3) is 4.13. The number of rotatable bonds is 4. The van der Waals surface area contributed by atoms with Gasteiger partial charge in [-0.3, -0.25) is 4.79 Å². The van der Waals surface area contributed by atoms with Gasteiger partial charge in [0, 0.05) is 17.4 Å². The maximum Gasteiger partial charge on any atom is 0.258 e. The van der Waals surface area contributed by atoms with E-state index in [0.29, 0.717) is 11.7 Å². The molecule has 1 amide bonds. The van der Waals surface area contributed by atoms with Crippen molar-refractivity contribution in [2.75, 3.05) is 10.6 Å². The van der Waals surface area contributed by atoms with Crippen LogP contribution in [0, 0.1) is 17.5 Å². The van der Waals surface area contributed by atoms with Crippen LogP contribution in [0.1, 0.15) is 42.5 Å². The van der Waals surface area contributed by atoms with Crippen LogP contribution in [0.2, 0.25) is 0 Å². The van der Waals surface area contributed by atoms with E-state index in [2.05, 4.69) is 10.6 Å². The molecule has 2 N–H and O–H groups in total. The van der Waals surface area contributed by atoms with Gasteiger partial charge in [-0.2, -0.15) is 0 Å². The Morgan fingerprint density at radius 2 is 1.48 bits per heavy atom. The Kier molecular flexibility index (Phi) is 5.26. The fourth-order valence-electron chi connectivity index (χ4n) is 3.03. The van der Waals surface area contributed by atoms with Crippen molar-refractivity contribution in [2.45, 2.75) is 38.1 Å². The number of carbonyl (C=O) groups excluding carboxylic acids is 1. The van der Waals surface area contributed by atoms with Crippen molar-refractivity contribution < 1.29 is 18.0 Å². The van der Waals surface area contributed by atoms with E-state index in [1.54, 1.807) is 12.1 Å². The summed E-state index contributed by atoms with van der Waals surface area (Å²) in [4.78, 5) is 12.0. The molecule has 132 valence electrons. The highest BCUT2D eigenvalue weighted by atomic mass is 19.2. The van der Waals surface area contributed by atoms with Crippen LogP contribution in [-0.4, -0.2) is 11.9 Å². The van der Waals surface area contributed by atoms with Crippen LogP contribution in [-0.2, 0) is 0 Å². The first-order chi connectivity index (χ1) is 12.0. The van der Waals surface area contributed by atoms with Gasteiger partial charge in [0.25, 0.3) is 5.91 Å². The van der Waals surface area contributed by atoms with Crippen molar-refractivity contribution in [1.29, 1.82) is 0 Å². The van der Waals surface area contributed by atoms with Crippen LogP contribution in [0.3, 0.4) is 0 Å². The lowest BCUT2D eigenvalue weighted by atomic mass is 9.95. The number of carbonyl (C=O) groups is 1. The maximum absolute atomic E-state index is 13.7. The van der Waals surface area contributed by atoms with E-state index in [9.17, 15) is 18.0 Å². The molecule has 1 aliphatic rings. The van der Waals surface area contributed by atoms with E-state index >= 15 is 0 Å². The van der Waals surface area contributed by atoms with E-state index in [-0.39, 0.29) is 0 Å². The molecule has 0 heterocycles. The Morgan fingerprint density at radius 1 is 0.840 bits per heavy atom. The van der Waals surface area contributed by atoms with Crippen molar-refractivity contribution in [3.05, 3.63) is 59.4 Å². The molecule has 1 saturated carbocycles. The molecule has 6 heteroatoms. The number of hydrogen-bond donors (Lipinski definition) is 2. The van der Waals surface area contributed by atoms with Crippen LogP contribution in [0.5, 0.6) is 0 Å². The summed E-state index contributed by atoms with van der Waals surface area (Å²) in [7, 11) is 0. The monoisotopic (exact) mass is 348 g/mol. The quantitative estimate of drug-likeness (QED) is 0.755. The Hall–Kier alpha value is -2.50. The number of hydrogen-bond acceptors (Lipinski definition) is 2. The Balaban J connectivity index is 1.65. The van der Waals surface area contributed by atoms with Crippen molar-refractivity contribution in [3.8, 4) is 0 Å². The Morgan fingerprint density at radius 3 is 2.16 bits per heavy atom.